The Labute approximate surface area is 127 Å². The second-order valence-electron chi connectivity index (χ2n) is 5.49. The maximum Gasteiger partial charge on any atom is 0.0453 e. The Morgan fingerprint density at radius 2 is 1.55 bits per heavy atom. The van der Waals surface area contributed by atoms with Gasteiger partial charge in [-0.1, -0.05) is 53.6 Å². The van der Waals surface area contributed by atoms with Crippen LogP contribution in [0.4, 0.5) is 0 Å². The van der Waals surface area contributed by atoms with Gasteiger partial charge in [0.05, 0.1) is 0 Å². The fourth-order valence-corrected chi connectivity index (χ4v) is 2.99. The monoisotopic (exact) mass is 287 g/mol. The smallest absolute Gasteiger partial charge is 0.0453 e. The quantitative estimate of drug-likeness (QED) is 0.797. The number of benzene rings is 2. The molecule has 0 saturated carbocycles. The summed E-state index contributed by atoms with van der Waals surface area (Å²) in [4.78, 5) is 0. The van der Waals surface area contributed by atoms with Gasteiger partial charge in [-0.15, -0.1) is 0 Å². The summed E-state index contributed by atoms with van der Waals surface area (Å²) in [5.41, 5.74) is 5.12. The number of nitrogens with one attached hydrogen (secondary N) is 1. The van der Waals surface area contributed by atoms with E-state index in [9.17, 15) is 0 Å². The van der Waals surface area contributed by atoms with Gasteiger partial charge in [0.2, 0.25) is 0 Å². The largest absolute Gasteiger partial charge is 0.304 e. The van der Waals surface area contributed by atoms with E-state index in [2.05, 4.69) is 57.3 Å². The van der Waals surface area contributed by atoms with Crippen molar-refractivity contribution >= 4 is 11.6 Å². The van der Waals surface area contributed by atoms with Crippen LogP contribution in [-0.2, 0) is 0 Å². The number of hydrogen-bond donors (Lipinski definition) is 1. The third-order valence-electron chi connectivity index (χ3n) is 3.76. The van der Waals surface area contributed by atoms with E-state index in [1.165, 1.54) is 16.7 Å². The standard InChI is InChI=1S/C18H22ClN/c1-12-9-10-16(13(2)11-12)14(3)20-15(4)17-7-5-6-8-18(17)19/h5-11,14-15,20H,1-4H3/t14?,15-/m0/s1. The summed E-state index contributed by atoms with van der Waals surface area (Å²) in [6.45, 7) is 8.65. The molecule has 0 heterocycles. The Morgan fingerprint density at radius 3 is 2.20 bits per heavy atom. The molecule has 0 radical (unpaired) electrons. The highest BCUT2D eigenvalue weighted by atomic mass is 35.5. The first kappa shape index (κ1) is 15.1. The molecule has 2 atom stereocenters. The van der Waals surface area contributed by atoms with Crippen molar-refractivity contribution in [2.45, 2.75) is 39.8 Å². The Morgan fingerprint density at radius 1 is 0.900 bits per heavy atom. The van der Waals surface area contributed by atoms with Crippen LogP contribution in [0.3, 0.4) is 0 Å². The molecule has 106 valence electrons. The molecule has 0 amide bonds. The van der Waals surface area contributed by atoms with Gasteiger partial charge in [0, 0.05) is 17.1 Å². The maximum atomic E-state index is 6.26. The van der Waals surface area contributed by atoms with Crippen LogP contribution in [-0.4, -0.2) is 0 Å². The molecule has 2 heteroatoms. The number of aryl methyl sites for hydroxylation is 2. The summed E-state index contributed by atoms with van der Waals surface area (Å²) in [6.07, 6.45) is 0. The van der Waals surface area contributed by atoms with Gasteiger partial charge in [0.25, 0.3) is 0 Å². The van der Waals surface area contributed by atoms with E-state index in [1.54, 1.807) is 0 Å². The number of hydrogen-bond acceptors (Lipinski definition) is 1. The molecule has 0 aliphatic rings. The fraction of sp³-hybridized carbons (Fsp3) is 0.333. The van der Waals surface area contributed by atoms with Crippen LogP contribution < -0.4 is 5.32 Å². The Hall–Kier alpha value is -1.31. The zero-order valence-corrected chi connectivity index (χ0v) is 13.3. The minimum absolute atomic E-state index is 0.222. The minimum atomic E-state index is 0.222. The molecule has 2 aromatic rings. The molecule has 2 aromatic carbocycles. The molecule has 0 aromatic heterocycles. The van der Waals surface area contributed by atoms with Gasteiger partial charge in [-0.25, -0.2) is 0 Å². The molecule has 0 spiro atoms. The third kappa shape index (κ3) is 3.41. The first-order valence-electron chi connectivity index (χ1n) is 7.06. The zero-order valence-electron chi connectivity index (χ0n) is 12.6. The van der Waals surface area contributed by atoms with E-state index in [-0.39, 0.29) is 6.04 Å². The lowest BCUT2D eigenvalue weighted by Crippen LogP contribution is -2.23. The predicted octanol–water partition coefficient (Wildman–Crippen LogP) is 5.37. The number of halogens is 1. The minimum Gasteiger partial charge on any atom is -0.304 e. The topological polar surface area (TPSA) is 12.0 Å². The molecule has 0 saturated heterocycles. The van der Waals surface area contributed by atoms with Crippen LogP contribution >= 0.6 is 11.6 Å². The molecule has 2 rings (SSSR count). The highest BCUT2D eigenvalue weighted by Crippen LogP contribution is 2.26. The molecule has 1 unspecified atom stereocenters. The average Bonchev–Trinajstić information content (AvgIpc) is 2.38. The summed E-state index contributed by atoms with van der Waals surface area (Å²) < 4.78 is 0. The summed E-state index contributed by atoms with van der Waals surface area (Å²) >= 11 is 6.26. The molecular formula is C18H22ClN. The van der Waals surface area contributed by atoms with Crippen molar-refractivity contribution in [1.82, 2.24) is 5.32 Å². The second kappa shape index (κ2) is 6.43. The second-order valence-corrected chi connectivity index (χ2v) is 5.90. The molecule has 20 heavy (non-hydrogen) atoms. The van der Waals surface area contributed by atoms with Crippen molar-refractivity contribution in [3.63, 3.8) is 0 Å². The van der Waals surface area contributed by atoms with Crippen LogP contribution in [0.2, 0.25) is 5.02 Å². The van der Waals surface area contributed by atoms with Gasteiger partial charge < -0.3 is 5.32 Å². The van der Waals surface area contributed by atoms with Crippen LogP contribution in [0.5, 0.6) is 0 Å². The SMILES string of the molecule is Cc1ccc(C(C)N[C@@H](C)c2ccccc2Cl)c(C)c1. The van der Waals surface area contributed by atoms with Crippen molar-refractivity contribution < 1.29 is 0 Å². The molecule has 0 aliphatic heterocycles. The molecule has 0 fully saturated rings. The Balaban J connectivity index is 2.15. The average molecular weight is 288 g/mol. The van der Waals surface area contributed by atoms with Crippen LogP contribution in [0, 0.1) is 13.8 Å². The van der Waals surface area contributed by atoms with E-state index in [1.807, 2.05) is 18.2 Å². The van der Waals surface area contributed by atoms with Gasteiger partial charge in [0.1, 0.15) is 0 Å². The van der Waals surface area contributed by atoms with Gasteiger partial charge in [-0.05, 0) is 50.5 Å². The third-order valence-corrected chi connectivity index (χ3v) is 4.11. The first-order valence-corrected chi connectivity index (χ1v) is 7.44. The van der Waals surface area contributed by atoms with E-state index in [0.29, 0.717) is 6.04 Å². The molecule has 0 bridgehead atoms. The maximum absolute atomic E-state index is 6.26. The van der Waals surface area contributed by atoms with Crippen molar-refractivity contribution in [2.75, 3.05) is 0 Å². The highest BCUT2D eigenvalue weighted by molar-refractivity contribution is 6.31. The van der Waals surface area contributed by atoms with E-state index in [4.69, 9.17) is 11.6 Å². The van der Waals surface area contributed by atoms with Gasteiger partial charge in [-0.2, -0.15) is 0 Å². The van der Waals surface area contributed by atoms with Crippen molar-refractivity contribution in [3.8, 4) is 0 Å². The molecular weight excluding hydrogens is 266 g/mol. The van der Waals surface area contributed by atoms with Crippen LogP contribution in [0.15, 0.2) is 42.5 Å². The van der Waals surface area contributed by atoms with Gasteiger partial charge >= 0.3 is 0 Å². The lowest BCUT2D eigenvalue weighted by atomic mass is 9.99. The molecule has 1 N–H and O–H groups in total. The first-order chi connectivity index (χ1) is 9.49. The fourth-order valence-electron chi connectivity index (χ4n) is 2.69. The molecule has 0 aliphatic carbocycles. The van der Waals surface area contributed by atoms with Crippen molar-refractivity contribution in [1.29, 1.82) is 0 Å². The zero-order chi connectivity index (χ0) is 14.7. The molecule has 1 nitrogen and oxygen atoms in total. The Kier molecular flexibility index (Phi) is 4.85. The number of rotatable bonds is 4. The summed E-state index contributed by atoms with van der Waals surface area (Å²) in [7, 11) is 0. The van der Waals surface area contributed by atoms with Gasteiger partial charge in [0.15, 0.2) is 0 Å². The summed E-state index contributed by atoms with van der Waals surface area (Å²) in [5, 5.41) is 4.45. The van der Waals surface area contributed by atoms with E-state index < -0.39 is 0 Å². The predicted molar refractivity (Wildman–Crippen MR) is 87.3 cm³/mol. The Bertz CT molecular complexity index is 592. The summed E-state index contributed by atoms with van der Waals surface area (Å²) in [6, 6.07) is 15.1. The van der Waals surface area contributed by atoms with E-state index >= 15 is 0 Å². The lowest BCUT2D eigenvalue weighted by Gasteiger charge is -2.23. The summed E-state index contributed by atoms with van der Waals surface area (Å²) in [5.74, 6) is 0. The van der Waals surface area contributed by atoms with Crippen molar-refractivity contribution in [2.24, 2.45) is 0 Å². The van der Waals surface area contributed by atoms with Crippen molar-refractivity contribution in [3.05, 3.63) is 69.7 Å². The lowest BCUT2D eigenvalue weighted by molar-refractivity contribution is 0.493. The van der Waals surface area contributed by atoms with Gasteiger partial charge in [-0.3, -0.25) is 0 Å². The van der Waals surface area contributed by atoms with Crippen LogP contribution in [0.25, 0.3) is 0 Å². The van der Waals surface area contributed by atoms with Crippen LogP contribution in [0.1, 0.15) is 48.2 Å². The highest BCUT2D eigenvalue weighted by Gasteiger charge is 2.14. The van der Waals surface area contributed by atoms with E-state index in [0.717, 1.165) is 10.6 Å². The normalized spacial score (nSPS) is 14.1.